The van der Waals surface area contributed by atoms with Gasteiger partial charge in [0.05, 0.1) is 17.2 Å². The number of carbonyl (C=O) groups excluding carboxylic acids is 2. The van der Waals surface area contributed by atoms with Gasteiger partial charge in [-0.05, 0) is 25.1 Å². The van der Waals surface area contributed by atoms with Gasteiger partial charge in [0.1, 0.15) is 10.9 Å². The van der Waals surface area contributed by atoms with E-state index in [2.05, 4.69) is 10.3 Å². The Hall–Kier alpha value is -2.23. The van der Waals surface area contributed by atoms with Crippen molar-refractivity contribution in [2.24, 2.45) is 0 Å². The molecular weight excluding hydrogens is 390 g/mol. The Labute approximate surface area is 164 Å². The zero-order valence-corrected chi connectivity index (χ0v) is 16.2. The molecule has 1 aromatic carbocycles. The van der Waals surface area contributed by atoms with Crippen molar-refractivity contribution in [2.75, 3.05) is 18.5 Å². The summed E-state index contributed by atoms with van der Waals surface area (Å²) in [6.07, 6.45) is 1.68. The number of aromatic nitrogens is 1. The highest BCUT2D eigenvalue weighted by Crippen LogP contribution is 2.33. The number of thioether (sulfide) groups is 1. The van der Waals surface area contributed by atoms with Gasteiger partial charge in [-0.15, -0.1) is 11.3 Å². The number of thiocarbonyl (C=S) groups is 1. The van der Waals surface area contributed by atoms with E-state index in [0.717, 1.165) is 22.6 Å². The number of amides is 1. The predicted molar refractivity (Wildman–Crippen MR) is 108 cm³/mol. The van der Waals surface area contributed by atoms with E-state index in [-0.39, 0.29) is 19.1 Å². The first-order valence-corrected chi connectivity index (χ1v) is 9.86. The average Bonchev–Trinajstić information content (AvgIpc) is 3.16. The first kappa shape index (κ1) is 18.6. The number of hydrogen-bond acceptors (Lipinski definition) is 8. The van der Waals surface area contributed by atoms with Crippen molar-refractivity contribution in [1.82, 2.24) is 9.88 Å². The van der Waals surface area contributed by atoms with Crippen LogP contribution in [0, 0.1) is 0 Å². The summed E-state index contributed by atoms with van der Waals surface area (Å²) in [4.78, 5) is 30.2. The van der Waals surface area contributed by atoms with Crippen LogP contribution in [0.4, 0.5) is 10.8 Å². The summed E-state index contributed by atoms with van der Waals surface area (Å²) >= 11 is 7.79. The van der Waals surface area contributed by atoms with Gasteiger partial charge in [0.2, 0.25) is 0 Å². The number of carbonyl (C=O) groups is 2. The van der Waals surface area contributed by atoms with Crippen LogP contribution in [0.25, 0.3) is 6.08 Å². The molecule has 9 heteroatoms. The summed E-state index contributed by atoms with van der Waals surface area (Å²) in [7, 11) is 0. The van der Waals surface area contributed by atoms with Gasteiger partial charge in [-0.2, -0.15) is 0 Å². The fraction of sp³-hybridized carbons (Fsp3) is 0.176. The maximum Gasteiger partial charge on any atom is 0.326 e. The zero-order chi connectivity index (χ0) is 18.5. The summed E-state index contributed by atoms with van der Waals surface area (Å²) < 4.78 is 5.21. The maximum atomic E-state index is 12.5. The normalized spacial score (nSPS) is 15.6. The molecule has 2 heterocycles. The highest BCUT2D eigenvalue weighted by atomic mass is 32.2. The first-order chi connectivity index (χ1) is 12.6. The lowest BCUT2D eigenvalue weighted by molar-refractivity contribution is -0.145. The molecule has 3 rings (SSSR count). The highest BCUT2D eigenvalue weighted by Gasteiger charge is 2.33. The second-order valence-corrected chi connectivity index (χ2v) is 7.68. The minimum atomic E-state index is -0.479. The molecule has 0 saturated carbocycles. The Morgan fingerprint density at radius 2 is 2.15 bits per heavy atom. The van der Waals surface area contributed by atoms with Crippen LogP contribution in [0.15, 0.2) is 40.6 Å². The van der Waals surface area contributed by atoms with E-state index >= 15 is 0 Å². The third-order valence-electron chi connectivity index (χ3n) is 3.29. The molecule has 1 aliphatic rings. The lowest BCUT2D eigenvalue weighted by Gasteiger charge is -2.12. The molecule has 26 heavy (non-hydrogen) atoms. The molecule has 1 N–H and O–H groups in total. The van der Waals surface area contributed by atoms with Crippen molar-refractivity contribution in [2.45, 2.75) is 6.92 Å². The maximum absolute atomic E-state index is 12.5. The monoisotopic (exact) mass is 405 g/mol. The Bertz CT molecular complexity index is 864. The summed E-state index contributed by atoms with van der Waals surface area (Å²) in [5, 5.41) is 5.78. The minimum absolute atomic E-state index is 0.173. The third-order valence-corrected chi connectivity index (χ3v) is 5.45. The molecule has 6 nitrogen and oxygen atoms in total. The van der Waals surface area contributed by atoms with E-state index < -0.39 is 5.97 Å². The van der Waals surface area contributed by atoms with Gasteiger partial charge in [-0.3, -0.25) is 14.5 Å². The smallest absolute Gasteiger partial charge is 0.326 e. The van der Waals surface area contributed by atoms with E-state index in [0.29, 0.717) is 14.9 Å². The van der Waals surface area contributed by atoms with Gasteiger partial charge in [-0.25, -0.2) is 4.98 Å². The van der Waals surface area contributed by atoms with Crippen LogP contribution in [0.2, 0.25) is 0 Å². The Kier molecular flexibility index (Phi) is 6.02. The molecule has 1 saturated heterocycles. The number of rotatable bonds is 6. The lowest BCUT2D eigenvalue weighted by atomic mass is 10.3. The van der Waals surface area contributed by atoms with Crippen LogP contribution in [0.3, 0.4) is 0 Å². The second-order valence-electron chi connectivity index (χ2n) is 5.14. The number of benzene rings is 1. The van der Waals surface area contributed by atoms with Crippen molar-refractivity contribution in [3.8, 4) is 0 Å². The summed E-state index contributed by atoms with van der Waals surface area (Å²) in [5.74, 6) is -0.785. The average molecular weight is 406 g/mol. The number of thiazole rings is 1. The molecule has 0 bridgehead atoms. The Balaban J connectivity index is 1.69. The number of para-hydroxylation sites is 1. The molecule has 0 aliphatic carbocycles. The number of anilines is 2. The first-order valence-electron chi connectivity index (χ1n) is 7.75. The van der Waals surface area contributed by atoms with Gasteiger partial charge in [0, 0.05) is 11.1 Å². The molecule has 1 amide bonds. The fourth-order valence-corrected chi connectivity index (χ4v) is 4.09. The predicted octanol–water partition coefficient (Wildman–Crippen LogP) is 3.65. The van der Waals surface area contributed by atoms with E-state index in [4.69, 9.17) is 17.0 Å². The van der Waals surface area contributed by atoms with Gasteiger partial charge in [-0.1, -0.05) is 42.2 Å². The number of esters is 1. The molecule has 2 aromatic rings. The number of hydrogen-bond donors (Lipinski definition) is 1. The SMILES string of the molecule is CCOC(=O)CN1C(=O)/C(=C/c2csc(Nc3ccccc3)n2)SC1=S. The van der Waals surface area contributed by atoms with Crippen LogP contribution < -0.4 is 5.32 Å². The molecular formula is C17H15N3O3S3. The quantitative estimate of drug-likeness (QED) is 0.447. The van der Waals surface area contributed by atoms with E-state index in [9.17, 15) is 9.59 Å². The van der Waals surface area contributed by atoms with Gasteiger partial charge < -0.3 is 10.1 Å². The molecule has 0 spiro atoms. The molecule has 134 valence electrons. The van der Waals surface area contributed by atoms with Crippen LogP contribution in [-0.4, -0.2) is 39.2 Å². The van der Waals surface area contributed by atoms with Crippen molar-refractivity contribution in [3.63, 3.8) is 0 Å². The Morgan fingerprint density at radius 1 is 1.38 bits per heavy atom. The van der Waals surface area contributed by atoms with Crippen LogP contribution in [0.5, 0.6) is 0 Å². The molecule has 0 radical (unpaired) electrons. The second kappa shape index (κ2) is 8.43. The molecule has 0 unspecified atom stereocenters. The molecule has 1 aliphatic heterocycles. The van der Waals surface area contributed by atoms with Gasteiger partial charge >= 0.3 is 5.97 Å². The standard InChI is InChI=1S/C17H15N3O3S3/c1-2-23-14(21)9-20-15(22)13(26-17(20)24)8-12-10-25-16(19-12)18-11-6-4-3-5-7-11/h3-8,10H,2,9H2,1H3,(H,18,19)/b13-8-. The zero-order valence-electron chi connectivity index (χ0n) is 13.8. The van der Waals surface area contributed by atoms with E-state index in [1.165, 1.54) is 16.2 Å². The summed E-state index contributed by atoms with van der Waals surface area (Å²) in [6.45, 7) is 1.80. The lowest BCUT2D eigenvalue weighted by Crippen LogP contribution is -2.34. The van der Waals surface area contributed by atoms with Crippen molar-refractivity contribution in [1.29, 1.82) is 0 Å². The molecule has 1 fully saturated rings. The van der Waals surface area contributed by atoms with Crippen molar-refractivity contribution in [3.05, 3.63) is 46.3 Å². The highest BCUT2D eigenvalue weighted by molar-refractivity contribution is 8.26. The Morgan fingerprint density at radius 3 is 2.88 bits per heavy atom. The van der Waals surface area contributed by atoms with Crippen LogP contribution >= 0.6 is 35.3 Å². The largest absolute Gasteiger partial charge is 0.465 e. The van der Waals surface area contributed by atoms with Crippen LogP contribution in [0.1, 0.15) is 12.6 Å². The van der Waals surface area contributed by atoms with Gasteiger partial charge in [0.15, 0.2) is 5.13 Å². The van der Waals surface area contributed by atoms with Gasteiger partial charge in [0.25, 0.3) is 5.91 Å². The molecule has 1 aromatic heterocycles. The van der Waals surface area contributed by atoms with E-state index in [1.807, 2.05) is 35.7 Å². The topological polar surface area (TPSA) is 71.5 Å². The van der Waals surface area contributed by atoms with Crippen LogP contribution in [-0.2, 0) is 14.3 Å². The minimum Gasteiger partial charge on any atom is -0.465 e. The fourth-order valence-electron chi connectivity index (χ4n) is 2.16. The third kappa shape index (κ3) is 4.48. The van der Waals surface area contributed by atoms with Crippen molar-refractivity contribution < 1.29 is 14.3 Å². The van der Waals surface area contributed by atoms with Crippen molar-refractivity contribution >= 4 is 68.4 Å². The summed E-state index contributed by atoms with van der Waals surface area (Å²) in [5.41, 5.74) is 1.60. The summed E-state index contributed by atoms with van der Waals surface area (Å²) in [6, 6.07) is 9.71. The number of nitrogens with one attached hydrogen (secondary N) is 1. The number of ether oxygens (including phenoxy) is 1. The molecule has 0 atom stereocenters. The van der Waals surface area contributed by atoms with E-state index in [1.54, 1.807) is 13.0 Å². The number of nitrogens with zero attached hydrogens (tertiary/aromatic N) is 2.